The van der Waals surface area contributed by atoms with Gasteiger partial charge in [-0.05, 0) is 26.8 Å². The van der Waals surface area contributed by atoms with Crippen LogP contribution in [0.2, 0.25) is 0 Å². The minimum atomic E-state index is -0.315. The number of pyridine rings is 1. The van der Waals surface area contributed by atoms with Gasteiger partial charge in [0.05, 0.1) is 11.8 Å². The summed E-state index contributed by atoms with van der Waals surface area (Å²) in [7, 11) is 0. The Labute approximate surface area is 117 Å². The van der Waals surface area contributed by atoms with E-state index < -0.39 is 0 Å². The third-order valence-electron chi connectivity index (χ3n) is 2.49. The smallest absolute Gasteiger partial charge is 0.290 e. The summed E-state index contributed by atoms with van der Waals surface area (Å²) in [6, 6.07) is 5.24. The van der Waals surface area contributed by atoms with Crippen LogP contribution in [0.5, 0.6) is 5.88 Å². The van der Waals surface area contributed by atoms with Crippen LogP contribution in [0.25, 0.3) is 0 Å². The molecule has 0 unspecified atom stereocenters. The first kappa shape index (κ1) is 14.0. The molecular weight excluding hydrogens is 258 g/mol. The van der Waals surface area contributed by atoms with Gasteiger partial charge in [0.1, 0.15) is 0 Å². The molecular formula is C14H17N3O3. The molecule has 2 heterocycles. The van der Waals surface area contributed by atoms with Gasteiger partial charge in [0.15, 0.2) is 0 Å². The van der Waals surface area contributed by atoms with Crippen molar-refractivity contribution in [1.29, 1.82) is 0 Å². The van der Waals surface area contributed by atoms with Gasteiger partial charge >= 0.3 is 0 Å². The Hall–Kier alpha value is -2.37. The molecule has 0 saturated carbocycles. The minimum absolute atomic E-state index is 0.0243. The van der Waals surface area contributed by atoms with E-state index in [9.17, 15) is 4.79 Å². The van der Waals surface area contributed by atoms with E-state index in [-0.39, 0.29) is 17.8 Å². The largest absolute Gasteiger partial charge is 0.475 e. The highest BCUT2D eigenvalue weighted by molar-refractivity contribution is 5.91. The molecule has 0 saturated heterocycles. The van der Waals surface area contributed by atoms with Crippen molar-refractivity contribution in [1.82, 2.24) is 15.5 Å². The quantitative estimate of drug-likeness (QED) is 0.904. The molecule has 2 aromatic rings. The molecule has 1 N–H and O–H groups in total. The van der Waals surface area contributed by atoms with E-state index in [1.54, 1.807) is 25.3 Å². The van der Waals surface area contributed by atoms with Gasteiger partial charge in [0.25, 0.3) is 5.91 Å². The Bertz CT molecular complexity index is 593. The van der Waals surface area contributed by atoms with E-state index in [1.807, 2.05) is 19.9 Å². The van der Waals surface area contributed by atoms with Crippen molar-refractivity contribution in [3.63, 3.8) is 0 Å². The zero-order chi connectivity index (χ0) is 14.5. The normalized spacial score (nSPS) is 10.6. The molecule has 0 aliphatic rings. The number of aryl methyl sites for hydroxylation is 1. The van der Waals surface area contributed by atoms with Crippen LogP contribution in [0.1, 0.15) is 35.7 Å². The minimum Gasteiger partial charge on any atom is -0.475 e. The van der Waals surface area contributed by atoms with Crippen molar-refractivity contribution in [2.24, 2.45) is 0 Å². The number of carbonyl (C=O) groups is 1. The lowest BCUT2D eigenvalue weighted by Gasteiger charge is -2.12. The monoisotopic (exact) mass is 275 g/mol. The highest BCUT2D eigenvalue weighted by Crippen LogP contribution is 2.15. The van der Waals surface area contributed by atoms with Crippen molar-refractivity contribution in [3.8, 4) is 5.88 Å². The fourth-order valence-corrected chi connectivity index (χ4v) is 1.62. The number of hydrogen-bond acceptors (Lipinski definition) is 5. The van der Waals surface area contributed by atoms with Crippen molar-refractivity contribution < 1.29 is 14.1 Å². The van der Waals surface area contributed by atoms with E-state index in [1.165, 1.54) is 0 Å². The molecule has 6 heteroatoms. The van der Waals surface area contributed by atoms with Crippen LogP contribution < -0.4 is 10.1 Å². The summed E-state index contributed by atoms with van der Waals surface area (Å²) in [6.45, 7) is 5.92. The molecule has 20 heavy (non-hydrogen) atoms. The second-order valence-electron chi connectivity index (χ2n) is 4.65. The van der Waals surface area contributed by atoms with E-state index in [2.05, 4.69) is 15.5 Å². The molecule has 0 atom stereocenters. The fourth-order valence-electron chi connectivity index (χ4n) is 1.62. The molecule has 106 valence electrons. The zero-order valence-corrected chi connectivity index (χ0v) is 11.7. The fraction of sp³-hybridized carbons (Fsp3) is 0.357. The van der Waals surface area contributed by atoms with Crippen LogP contribution >= 0.6 is 0 Å². The third-order valence-corrected chi connectivity index (χ3v) is 2.49. The Kier molecular flexibility index (Phi) is 4.34. The molecule has 0 aliphatic heterocycles. The maximum absolute atomic E-state index is 11.9. The van der Waals surface area contributed by atoms with Gasteiger partial charge in [-0.3, -0.25) is 4.79 Å². The number of nitrogens with one attached hydrogen (secondary N) is 1. The number of ether oxygens (including phenoxy) is 1. The van der Waals surface area contributed by atoms with Crippen LogP contribution in [0.15, 0.2) is 28.9 Å². The van der Waals surface area contributed by atoms with Crippen molar-refractivity contribution in [3.05, 3.63) is 41.4 Å². The predicted molar refractivity (Wildman–Crippen MR) is 72.4 cm³/mol. The van der Waals surface area contributed by atoms with Crippen molar-refractivity contribution in [2.75, 3.05) is 0 Å². The molecule has 0 radical (unpaired) electrons. The van der Waals surface area contributed by atoms with Crippen molar-refractivity contribution in [2.45, 2.75) is 33.4 Å². The van der Waals surface area contributed by atoms with Gasteiger partial charge in [-0.2, -0.15) is 0 Å². The van der Waals surface area contributed by atoms with Crippen LogP contribution in [0.3, 0.4) is 0 Å². The van der Waals surface area contributed by atoms with E-state index in [4.69, 9.17) is 9.26 Å². The highest BCUT2D eigenvalue weighted by Gasteiger charge is 2.13. The first-order valence-corrected chi connectivity index (χ1v) is 6.38. The number of rotatable bonds is 5. The SMILES string of the molecule is Cc1cc(C(=O)NCc2cccnc2OC(C)C)on1. The number of carbonyl (C=O) groups excluding carboxylic acids is 1. The predicted octanol–water partition coefficient (Wildman–Crippen LogP) is 2.10. The molecule has 1 amide bonds. The third kappa shape index (κ3) is 3.57. The number of hydrogen-bond donors (Lipinski definition) is 1. The lowest BCUT2D eigenvalue weighted by molar-refractivity contribution is 0.0913. The van der Waals surface area contributed by atoms with Gasteiger partial charge in [0, 0.05) is 24.4 Å². The van der Waals surface area contributed by atoms with Gasteiger partial charge in [-0.25, -0.2) is 4.98 Å². The first-order valence-electron chi connectivity index (χ1n) is 6.38. The summed E-state index contributed by atoms with van der Waals surface area (Å²) >= 11 is 0. The average molecular weight is 275 g/mol. The van der Waals surface area contributed by atoms with E-state index >= 15 is 0 Å². The Morgan fingerprint density at radius 2 is 2.30 bits per heavy atom. The summed E-state index contributed by atoms with van der Waals surface area (Å²) in [4.78, 5) is 16.0. The molecule has 0 bridgehead atoms. The Balaban J connectivity index is 2.02. The highest BCUT2D eigenvalue weighted by atomic mass is 16.5. The van der Waals surface area contributed by atoms with Crippen LogP contribution in [-0.2, 0) is 6.54 Å². The summed E-state index contributed by atoms with van der Waals surface area (Å²) in [5, 5.41) is 6.43. The zero-order valence-electron chi connectivity index (χ0n) is 11.7. The molecule has 2 aromatic heterocycles. The summed E-state index contributed by atoms with van der Waals surface area (Å²) in [6.07, 6.45) is 1.68. The Morgan fingerprint density at radius 1 is 1.50 bits per heavy atom. The maximum Gasteiger partial charge on any atom is 0.290 e. The van der Waals surface area contributed by atoms with Crippen molar-refractivity contribution >= 4 is 5.91 Å². The second kappa shape index (κ2) is 6.18. The van der Waals surface area contributed by atoms with Gasteiger partial charge in [0.2, 0.25) is 11.6 Å². The molecule has 0 spiro atoms. The van der Waals surface area contributed by atoms with Crippen LogP contribution in [0.4, 0.5) is 0 Å². The summed E-state index contributed by atoms with van der Waals surface area (Å²) in [5.74, 6) is 0.402. The number of nitrogens with zero attached hydrogens (tertiary/aromatic N) is 2. The van der Waals surface area contributed by atoms with E-state index in [0.717, 1.165) is 5.56 Å². The van der Waals surface area contributed by atoms with Crippen LogP contribution in [0, 0.1) is 6.92 Å². The first-order chi connectivity index (χ1) is 9.56. The standard InChI is InChI=1S/C14H17N3O3/c1-9(2)19-14-11(5-4-6-15-14)8-16-13(18)12-7-10(3)17-20-12/h4-7,9H,8H2,1-3H3,(H,16,18). The van der Waals surface area contributed by atoms with Gasteiger partial charge in [-0.1, -0.05) is 11.2 Å². The summed E-state index contributed by atoms with van der Waals surface area (Å²) in [5.41, 5.74) is 1.48. The van der Waals surface area contributed by atoms with Gasteiger partial charge < -0.3 is 14.6 Å². The van der Waals surface area contributed by atoms with Gasteiger partial charge in [-0.15, -0.1) is 0 Å². The Morgan fingerprint density at radius 3 is 2.95 bits per heavy atom. The lowest BCUT2D eigenvalue weighted by Crippen LogP contribution is -2.23. The molecule has 6 nitrogen and oxygen atoms in total. The molecule has 0 fully saturated rings. The molecule has 0 aliphatic carbocycles. The average Bonchev–Trinajstić information content (AvgIpc) is 2.83. The number of aromatic nitrogens is 2. The summed E-state index contributed by atoms with van der Waals surface area (Å²) < 4.78 is 10.5. The topological polar surface area (TPSA) is 77.2 Å². The molecule has 2 rings (SSSR count). The second-order valence-corrected chi connectivity index (χ2v) is 4.65. The van der Waals surface area contributed by atoms with E-state index in [0.29, 0.717) is 18.1 Å². The lowest BCUT2D eigenvalue weighted by atomic mass is 10.2. The molecule has 0 aromatic carbocycles. The number of amides is 1. The maximum atomic E-state index is 11.9. The van der Waals surface area contributed by atoms with Crippen LogP contribution in [-0.4, -0.2) is 22.2 Å².